The van der Waals surface area contributed by atoms with Crippen LogP contribution in [0.25, 0.3) is 10.8 Å². The molecule has 0 aliphatic carbocycles. The van der Waals surface area contributed by atoms with Crippen LogP contribution in [0.5, 0.6) is 11.5 Å². The van der Waals surface area contributed by atoms with E-state index in [-0.39, 0.29) is 6.07 Å². The van der Waals surface area contributed by atoms with Crippen molar-refractivity contribution in [2.24, 2.45) is 10.2 Å². The number of benzene rings is 4. The molecule has 61 heavy (non-hydrogen) atoms. The zero-order valence-electron chi connectivity index (χ0n) is 29.1. The minimum Gasteiger partial charge on any atom is -0.505 e. The molecule has 0 aliphatic rings. The standard InChI is InChI=1S/C27H22ClN7O20S6/c28-25-31-26(33-27(32-25)30-17-9-12(10-20(23(17)37)59(46,47)48)56(38,39)8-7-55-61(52,53)54)29-16-6-5-13-14(24(16)60(49,50)51)11-19(58(43,44)45)21(22(13)36)35-34-15-3-1-2-4-18(15)57(40,41)42/h1-6,9-11,36-37H,7-8H2,(H,40,41,42)(H,43,44,45)(H,46,47,48)(H,49,50,51)(H,52,53,54)(H2,29,30,31,32,33)/b35-34+. The summed E-state index contributed by atoms with van der Waals surface area (Å²) in [6, 6.07) is 7.33. The fourth-order valence-electron chi connectivity index (χ4n) is 5.05. The van der Waals surface area contributed by atoms with Gasteiger partial charge in [-0.25, -0.2) is 12.6 Å². The monoisotopic (exact) mass is 991 g/mol. The van der Waals surface area contributed by atoms with E-state index in [9.17, 15) is 78.9 Å². The number of azo groups is 1. The molecule has 0 fully saturated rings. The average molecular weight is 992 g/mol. The van der Waals surface area contributed by atoms with Gasteiger partial charge in [-0.15, -0.1) is 10.2 Å². The summed E-state index contributed by atoms with van der Waals surface area (Å²) in [4.78, 5) is 5.38. The molecule has 27 nitrogen and oxygen atoms in total. The Labute approximate surface area is 347 Å². The van der Waals surface area contributed by atoms with Crippen molar-refractivity contribution in [3.63, 3.8) is 0 Å². The van der Waals surface area contributed by atoms with Crippen molar-refractivity contribution < 1.29 is 87.7 Å². The van der Waals surface area contributed by atoms with Gasteiger partial charge in [-0.2, -0.15) is 57.0 Å². The molecule has 0 saturated carbocycles. The maximum Gasteiger partial charge on any atom is 0.397 e. The van der Waals surface area contributed by atoms with Gasteiger partial charge in [-0.3, -0.25) is 22.8 Å². The van der Waals surface area contributed by atoms with Gasteiger partial charge < -0.3 is 20.8 Å². The topological polar surface area (TPSA) is 443 Å². The smallest absolute Gasteiger partial charge is 0.397 e. The molecule has 0 amide bonds. The lowest BCUT2D eigenvalue weighted by atomic mass is 10.1. The molecule has 0 saturated heterocycles. The molecule has 0 spiro atoms. The molecule has 1 heterocycles. The summed E-state index contributed by atoms with van der Waals surface area (Å²) < 4.78 is 198. The zero-order valence-corrected chi connectivity index (χ0v) is 34.8. The highest BCUT2D eigenvalue weighted by molar-refractivity contribution is 7.91. The molecule has 328 valence electrons. The summed E-state index contributed by atoms with van der Waals surface area (Å²) in [6.07, 6.45) is 0. The van der Waals surface area contributed by atoms with Gasteiger partial charge >= 0.3 is 10.4 Å². The number of sulfone groups is 1. The van der Waals surface area contributed by atoms with Gasteiger partial charge in [0.2, 0.25) is 17.2 Å². The molecule has 5 aromatic rings. The van der Waals surface area contributed by atoms with E-state index in [2.05, 4.69) is 40.0 Å². The van der Waals surface area contributed by atoms with Crippen LogP contribution in [-0.2, 0) is 64.9 Å². The largest absolute Gasteiger partial charge is 0.505 e. The molecule has 5 rings (SSSR count). The van der Waals surface area contributed by atoms with Crippen LogP contribution in [0.4, 0.5) is 34.6 Å². The van der Waals surface area contributed by atoms with Crippen molar-refractivity contribution in [2.45, 2.75) is 24.5 Å². The molecular formula is C27H22ClN7O20S6. The number of nitrogens with one attached hydrogen (secondary N) is 2. The zero-order chi connectivity index (χ0) is 45.7. The first-order chi connectivity index (χ1) is 27.9. The first-order valence-corrected chi connectivity index (χ1v) is 24.4. The Morgan fingerprint density at radius 2 is 1.18 bits per heavy atom. The lowest BCUT2D eigenvalue weighted by Gasteiger charge is -2.16. The summed E-state index contributed by atoms with van der Waals surface area (Å²) in [5, 5.41) is 31.1. The van der Waals surface area contributed by atoms with E-state index in [1.54, 1.807) is 0 Å². The maximum atomic E-state index is 12.9. The van der Waals surface area contributed by atoms with Gasteiger partial charge in [-0.1, -0.05) is 12.1 Å². The highest BCUT2D eigenvalue weighted by atomic mass is 35.5. The molecule has 0 unspecified atom stereocenters. The Morgan fingerprint density at radius 3 is 1.74 bits per heavy atom. The second-order valence-electron chi connectivity index (χ2n) is 11.6. The van der Waals surface area contributed by atoms with Crippen LogP contribution < -0.4 is 10.6 Å². The van der Waals surface area contributed by atoms with E-state index in [1.165, 1.54) is 12.1 Å². The average Bonchev–Trinajstić information content (AvgIpc) is 3.09. The van der Waals surface area contributed by atoms with E-state index >= 15 is 0 Å². The number of anilines is 4. The van der Waals surface area contributed by atoms with Crippen molar-refractivity contribution in [3.05, 3.63) is 59.9 Å². The van der Waals surface area contributed by atoms with Crippen molar-refractivity contribution >= 4 is 118 Å². The van der Waals surface area contributed by atoms with Crippen LogP contribution in [0.15, 0.2) is 89.3 Å². The van der Waals surface area contributed by atoms with Gasteiger partial charge in [0.15, 0.2) is 21.3 Å². The second kappa shape index (κ2) is 16.5. The number of phenols is 2. The van der Waals surface area contributed by atoms with E-state index in [1.807, 2.05) is 0 Å². The highest BCUT2D eigenvalue weighted by Gasteiger charge is 2.30. The normalized spacial score (nSPS) is 13.1. The van der Waals surface area contributed by atoms with Crippen molar-refractivity contribution in [3.8, 4) is 11.5 Å². The SMILES string of the molecule is O=S(=O)(O)OCCS(=O)(=O)c1cc(Nc2nc(Cl)nc(Nc3ccc4c(O)c(/N=N/c5ccccc5S(=O)(=O)O)c(S(=O)(=O)O)cc4c3S(=O)(=O)O)n2)c(O)c(S(=O)(=O)O)c1. The Morgan fingerprint density at radius 1 is 0.607 bits per heavy atom. The van der Waals surface area contributed by atoms with Gasteiger partial charge in [0.05, 0.1) is 28.6 Å². The van der Waals surface area contributed by atoms with Crippen LogP contribution in [0.3, 0.4) is 0 Å². The molecule has 9 N–H and O–H groups in total. The highest BCUT2D eigenvalue weighted by Crippen LogP contribution is 2.45. The van der Waals surface area contributed by atoms with Crippen LogP contribution in [0.2, 0.25) is 5.28 Å². The number of rotatable bonds is 15. The number of halogens is 1. The first kappa shape index (κ1) is 46.8. The minimum absolute atomic E-state index is 0.280. The number of hydrogen-bond acceptors (Lipinski definition) is 22. The molecular weight excluding hydrogens is 970 g/mol. The molecule has 4 aromatic carbocycles. The fraction of sp³-hybridized carbons (Fsp3) is 0.0741. The van der Waals surface area contributed by atoms with E-state index < -0.39 is 160 Å². The van der Waals surface area contributed by atoms with E-state index in [0.29, 0.717) is 12.1 Å². The third-order valence-electron chi connectivity index (χ3n) is 7.49. The van der Waals surface area contributed by atoms with Crippen LogP contribution >= 0.6 is 11.6 Å². The van der Waals surface area contributed by atoms with Crippen LogP contribution in [0, 0.1) is 0 Å². The number of fused-ring (bicyclic) bond motifs is 1. The Kier molecular flexibility index (Phi) is 12.7. The van der Waals surface area contributed by atoms with Gasteiger partial charge in [0, 0.05) is 10.8 Å². The van der Waals surface area contributed by atoms with E-state index in [0.717, 1.165) is 24.3 Å². The first-order valence-electron chi connectivity index (χ1n) is 15.3. The molecule has 1 aromatic heterocycles. The Bertz CT molecular complexity index is 3370. The third-order valence-corrected chi connectivity index (χ3v) is 13.4. The predicted octanol–water partition coefficient (Wildman–Crippen LogP) is 2.57. The third kappa shape index (κ3) is 11.0. The summed E-state index contributed by atoms with van der Waals surface area (Å²) in [6.45, 7) is -1.18. The maximum absolute atomic E-state index is 12.9. The minimum atomic E-state index is -5.52. The molecule has 0 radical (unpaired) electrons. The van der Waals surface area contributed by atoms with Gasteiger partial charge in [0.1, 0.15) is 31.0 Å². The summed E-state index contributed by atoms with van der Waals surface area (Å²) >= 11 is 5.98. The van der Waals surface area contributed by atoms with Crippen molar-refractivity contribution in [1.29, 1.82) is 0 Å². The summed E-state index contributed by atoms with van der Waals surface area (Å²) in [5.74, 6) is -5.33. The Hall–Kier alpha value is -5.30. The second-order valence-corrected chi connectivity index (χ2v) is 20.6. The number of nitrogens with zero attached hydrogens (tertiary/aromatic N) is 5. The van der Waals surface area contributed by atoms with Gasteiger partial charge in [0.25, 0.3) is 40.5 Å². The summed E-state index contributed by atoms with van der Waals surface area (Å²) in [5.41, 5.74) is -3.27. The van der Waals surface area contributed by atoms with Crippen LogP contribution in [-0.4, -0.2) is 111 Å². The molecule has 0 bridgehead atoms. The van der Waals surface area contributed by atoms with Crippen molar-refractivity contribution in [2.75, 3.05) is 23.0 Å². The predicted molar refractivity (Wildman–Crippen MR) is 205 cm³/mol. The number of aromatic nitrogens is 3. The molecule has 34 heteroatoms. The van der Waals surface area contributed by atoms with E-state index in [4.69, 9.17) is 16.2 Å². The number of aromatic hydroxyl groups is 2. The number of hydrogen-bond donors (Lipinski definition) is 9. The lowest BCUT2D eigenvalue weighted by molar-refractivity contribution is 0.284. The van der Waals surface area contributed by atoms with Crippen LogP contribution in [0.1, 0.15) is 0 Å². The number of phenolic OH excluding ortho intramolecular Hbond substituents is 2. The lowest BCUT2D eigenvalue weighted by Crippen LogP contribution is -2.16. The quantitative estimate of drug-likeness (QED) is 0.0413. The van der Waals surface area contributed by atoms with Gasteiger partial charge in [-0.05, 0) is 54.1 Å². The fourth-order valence-corrected chi connectivity index (χ4v) is 9.56. The molecule has 0 atom stereocenters. The summed E-state index contributed by atoms with van der Waals surface area (Å²) in [7, 11) is -31.2. The Balaban J connectivity index is 1.62. The molecule has 0 aliphatic heterocycles. The van der Waals surface area contributed by atoms with Crippen molar-refractivity contribution in [1.82, 2.24) is 15.0 Å².